The molecule has 0 aliphatic carbocycles. The fourth-order valence-corrected chi connectivity index (χ4v) is 2.19. The van der Waals surface area contributed by atoms with E-state index in [1.165, 1.54) is 11.8 Å². The van der Waals surface area contributed by atoms with E-state index in [1.54, 1.807) is 0 Å². The molecule has 0 atom stereocenters. The average molecular weight is 301 g/mol. The molecule has 1 aromatic heterocycles. The van der Waals surface area contributed by atoms with Crippen molar-refractivity contribution in [2.45, 2.75) is 19.0 Å². The van der Waals surface area contributed by atoms with Crippen LogP contribution in [0.3, 0.4) is 0 Å². The van der Waals surface area contributed by atoms with Gasteiger partial charge in [-0.15, -0.1) is 0 Å². The largest absolute Gasteiger partial charge is 0.438 e. The molecule has 21 heavy (non-hydrogen) atoms. The van der Waals surface area contributed by atoms with E-state index in [1.807, 2.05) is 62.6 Å². The van der Waals surface area contributed by atoms with E-state index in [0.29, 0.717) is 11.0 Å². The molecule has 110 valence electrons. The molecule has 1 heterocycles. The second-order valence-electron chi connectivity index (χ2n) is 4.25. The second kappa shape index (κ2) is 7.69. The molecule has 5 heteroatoms. The van der Waals surface area contributed by atoms with Crippen molar-refractivity contribution in [3.05, 3.63) is 42.0 Å². The molecule has 4 nitrogen and oxygen atoms in total. The van der Waals surface area contributed by atoms with Crippen LogP contribution in [0.4, 0.5) is 5.82 Å². The zero-order valence-corrected chi connectivity index (χ0v) is 13.3. The number of anilines is 1. The number of rotatable bonds is 6. The van der Waals surface area contributed by atoms with E-state index in [2.05, 4.69) is 15.3 Å². The summed E-state index contributed by atoms with van der Waals surface area (Å²) in [7, 11) is 0. The lowest BCUT2D eigenvalue weighted by molar-refractivity contribution is 0.455. The molecule has 2 rings (SSSR count). The van der Waals surface area contributed by atoms with Crippen LogP contribution in [0.2, 0.25) is 0 Å². The fourth-order valence-electron chi connectivity index (χ4n) is 1.82. The third-order valence-corrected chi connectivity index (χ3v) is 3.25. The summed E-state index contributed by atoms with van der Waals surface area (Å²) in [6.45, 7) is 4.82. The highest BCUT2D eigenvalue weighted by atomic mass is 32.2. The topological polar surface area (TPSA) is 47.0 Å². The third kappa shape index (κ3) is 4.23. The molecule has 0 saturated carbocycles. The first-order chi connectivity index (χ1) is 10.3. The predicted molar refractivity (Wildman–Crippen MR) is 89.2 cm³/mol. The molecule has 0 bridgehead atoms. The van der Waals surface area contributed by atoms with Gasteiger partial charge in [0.1, 0.15) is 11.6 Å². The van der Waals surface area contributed by atoms with E-state index in [4.69, 9.17) is 4.74 Å². The Balaban J connectivity index is 2.32. The zero-order chi connectivity index (χ0) is 15.1. The number of para-hydroxylation sites is 1. The summed E-state index contributed by atoms with van der Waals surface area (Å²) in [5.41, 5.74) is 1.02. The average Bonchev–Trinajstić information content (AvgIpc) is 2.49. The SMILES string of the molecule is C/C=C/c1ccccc1Oc1cc(NCC)nc(SC)n1. The molecule has 1 aromatic carbocycles. The lowest BCUT2D eigenvalue weighted by atomic mass is 10.2. The molecule has 0 saturated heterocycles. The predicted octanol–water partition coefficient (Wildman–Crippen LogP) is 4.46. The van der Waals surface area contributed by atoms with Gasteiger partial charge in [0.25, 0.3) is 0 Å². The van der Waals surface area contributed by atoms with Gasteiger partial charge in [-0.1, -0.05) is 42.1 Å². The van der Waals surface area contributed by atoms with Crippen LogP contribution in [0.25, 0.3) is 6.08 Å². The van der Waals surface area contributed by atoms with Crippen molar-refractivity contribution in [3.63, 3.8) is 0 Å². The van der Waals surface area contributed by atoms with Gasteiger partial charge in [-0.25, -0.2) is 4.98 Å². The van der Waals surface area contributed by atoms with E-state index >= 15 is 0 Å². The van der Waals surface area contributed by atoms with Gasteiger partial charge in [0.2, 0.25) is 5.88 Å². The third-order valence-electron chi connectivity index (χ3n) is 2.70. The number of hydrogen-bond acceptors (Lipinski definition) is 5. The van der Waals surface area contributed by atoms with Crippen molar-refractivity contribution in [2.75, 3.05) is 18.1 Å². The second-order valence-corrected chi connectivity index (χ2v) is 5.02. The molecule has 0 aliphatic heterocycles. The van der Waals surface area contributed by atoms with Gasteiger partial charge in [-0.3, -0.25) is 0 Å². The van der Waals surface area contributed by atoms with E-state index in [-0.39, 0.29) is 0 Å². The molecule has 0 unspecified atom stereocenters. The molecule has 0 aliphatic rings. The maximum Gasteiger partial charge on any atom is 0.225 e. The first-order valence-electron chi connectivity index (χ1n) is 6.83. The van der Waals surface area contributed by atoms with Crippen LogP contribution >= 0.6 is 11.8 Å². The highest BCUT2D eigenvalue weighted by Gasteiger charge is 2.07. The Morgan fingerprint density at radius 3 is 2.81 bits per heavy atom. The van der Waals surface area contributed by atoms with Gasteiger partial charge < -0.3 is 10.1 Å². The summed E-state index contributed by atoms with van der Waals surface area (Å²) in [4.78, 5) is 8.78. The van der Waals surface area contributed by atoms with Crippen LogP contribution in [-0.2, 0) is 0 Å². The van der Waals surface area contributed by atoms with Crippen molar-refractivity contribution >= 4 is 23.7 Å². The van der Waals surface area contributed by atoms with Crippen LogP contribution in [0.1, 0.15) is 19.4 Å². The van der Waals surface area contributed by atoms with Gasteiger partial charge >= 0.3 is 0 Å². The minimum Gasteiger partial charge on any atom is -0.438 e. The smallest absolute Gasteiger partial charge is 0.225 e. The standard InChI is InChI=1S/C16H19N3OS/c1-4-8-12-9-6-7-10-13(12)20-15-11-14(17-5-2)18-16(19-15)21-3/h4,6-11H,5H2,1-3H3,(H,17,18,19)/b8-4+. The molecular formula is C16H19N3OS. The highest BCUT2D eigenvalue weighted by molar-refractivity contribution is 7.98. The van der Waals surface area contributed by atoms with Crippen molar-refractivity contribution in [2.24, 2.45) is 0 Å². The van der Waals surface area contributed by atoms with Crippen LogP contribution in [-0.4, -0.2) is 22.8 Å². The van der Waals surface area contributed by atoms with Crippen molar-refractivity contribution < 1.29 is 4.74 Å². The summed E-state index contributed by atoms with van der Waals surface area (Å²) < 4.78 is 5.94. The Kier molecular flexibility index (Phi) is 5.63. The lowest BCUT2D eigenvalue weighted by Crippen LogP contribution is -2.02. The highest BCUT2D eigenvalue weighted by Crippen LogP contribution is 2.27. The van der Waals surface area contributed by atoms with Crippen molar-refractivity contribution in [1.82, 2.24) is 9.97 Å². The summed E-state index contributed by atoms with van der Waals surface area (Å²) in [5, 5.41) is 3.88. The Morgan fingerprint density at radius 1 is 1.29 bits per heavy atom. The van der Waals surface area contributed by atoms with Gasteiger partial charge in [0.15, 0.2) is 5.16 Å². The molecule has 0 spiro atoms. The van der Waals surface area contributed by atoms with E-state index < -0.39 is 0 Å². The van der Waals surface area contributed by atoms with Crippen LogP contribution < -0.4 is 10.1 Å². The molecule has 1 N–H and O–H groups in total. The number of aromatic nitrogens is 2. The number of benzene rings is 1. The number of ether oxygens (including phenoxy) is 1. The summed E-state index contributed by atoms with van der Waals surface area (Å²) in [6, 6.07) is 9.69. The van der Waals surface area contributed by atoms with Crippen molar-refractivity contribution in [3.8, 4) is 11.6 Å². The van der Waals surface area contributed by atoms with Gasteiger partial charge in [0.05, 0.1) is 0 Å². The molecule has 0 amide bonds. The van der Waals surface area contributed by atoms with E-state index in [0.717, 1.165) is 23.7 Å². The summed E-state index contributed by atoms with van der Waals surface area (Å²) >= 11 is 1.49. The molecule has 2 aromatic rings. The van der Waals surface area contributed by atoms with Gasteiger partial charge in [-0.2, -0.15) is 4.98 Å². The monoisotopic (exact) mass is 301 g/mol. The first kappa shape index (κ1) is 15.4. The Labute approximate surface area is 129 Å². The van der Waals surface area contributed by atoms with E-state index in [9.17, 15) is 0 Å². The van der Waals surface area contributed by atoms with Gasteiger partial charge in [0, 0.05) is 18.2 Å². The number of thioether (sulfide) groups is 1. The number of allylic oxidation sites excluding steroid dienone is 1. The number of nitrogens with one attached hydrogen (secondary N) is 1. The Hall–Kier alpha value is -2.01. The molecule has 0 radical (unpaired) electrons. The zero-order valence-electron chi connectivity index (χ0n) is 12.5. The number of hydrogen-bond donors (Lipinski definition) is 1. The van der Waals surface area contributed by atoms with Crippen molar-refractivity contribution in [1.29, 1.82) is 0 Å². The minimum absolute atomic E-state index is 0.544. The van der Waals surface area contributed by atoms with Gasteiger partial charge in [-0.05, 0) is 26.2 Å². The molecular weight excluding hydrogens is 282 g/mol. The normalized spacial score (nSPS) is 10.8. The minimum atomic E-state index is 0.544. The van der Waals surface area contributed by atoms with Crippen LogP contribution in [0.5, 0.6) is 11.6 Å². The first-order valence-corrected chi connectivity index (χ1v) is 8.05. The fraction of sp³-hybridized carbons (Fsp3) is 0.250. The van der Waals surface area contributed by atoms with Crippen LogP contribution in [0, 0.1) is 0 Å². The Bertz CT molecular complexity index is 629. The maximum atomic E-state index is 5.94. The summed E-state index contributed by atoms with van der Waals surface area (Å²) in [6.07, 6.45) is 5.94. The Morgan fingerprint density at radius 2 is 2.10 bits per heavy atom. The molecule has 0 fully saturated rings. The lowest BCUT2D eigenvalue weighted by Gasteiger charge is -2.10. The maximum absolute atomic E-state index is 5.94. The van der Waals surface area contributed by atoms with Crippen LogP contribution in [0.15, 0.2) is 41.6 Å². The number of nitrogens with zero attached hydrogens (tertiary/aromatic N) is 2. The quantitative estimate of drug-likeness (QED) is 0.630. The summed E-state index contributed by atoms with van der Waals surface area (Å²) in [5.74, 6) is 2.10.